The van der Waals surface area contributed by atoms with E-state index in [-0.39, 0.29) is 6.15 Å². The molecule has 1 aromatic carbocycles. The van der Waals surface area contributed by atoms with Crippen molar-refractivity contribution < 1.29 is 22.9 Å². The summed E-state index contributed by atoms with van der Waals surface area (Å²) in [5, 5.41) is 8.11. The summed E-state index contributed by atoms with van der Waals surface area (Å²) in [5.74, 6) is -1.08. The third kappa shape index (κ3) is 16.7. The number of carboxylic acid groups (broad SMARTS) is 1. The number of benzene rings is 1. The van der Waals surface area contributed by atoms with Crippen molar-refractivity contribution in [2.75, 3.05) is 0 Å². The van der Waals surface area contributed by atoms with Crippen molar-refractivity contribution in [3.05, 3.63) is 35.9 Å². The van der Waals surface area contributed by atoms with Crippen LogP contribution in [0.3, 0.4) is 0 Å². The third-order valence-corrected chi connectivity index (χ3v) is 5.58. The van der Waals surface area contributed by atoms with E-state index in [1.807, 2.05) is 18.2 Å². The van der Waals surface area contributed by atoms with Gasteiger partial charge in [0.2, 0.25) is 0 Å². The summed E-state index contributed by atoms with van der Waals surface area (Å²) in [6, 6.07) is 9.02. The maximum atomic E-state index is 11.6. The first-order chi connectivity index (χ1) is 12.8. The predicted octanol–water partition coefficient (Wildman–Crippen LogP) is 5.06. The molecule has 1 aromatic rings. The van der Waals surface area contributed by atoms with Crippen LogP contribution in [0.15, 0.2) is 30.3 Å². The molecule has 0 amide bonds. The molecule has 7 heteroatoms. The molecule has 28 heavy (non-hydrogen) atoms. The second kappa shape index (κ2) is 17.6. The molecule has 1 atom stereocenters. The molecular formula is C21H39NO5S. The largest absolute Gasteiger partial charge is 0.550 e. The minimum atomic E-state index is -4.03. The van der Waals surface area contributed by atoms with Crippen LogP contribution in [0.2, 0.25) is 0 Å². The second-order valence-corrected chi connectivity index (χ2v) is 8.48. The van der Waals surface area contributed by atoms with Crippen LogP contribution in [0.5, 0.6) is 0 Å². The number of hydrogen-bond acceptors (Lipinski definition) is 4. The van der Waals surface area contributed by atoms with Gasteiger partial charge in [-0.25, -0.2) is 0 Å². The Kier molecular flexibility index (Phi) is 18.1. The van der Waals surface area contributed by atoms with E-state index in [1.54, 1.807) is 12.1 Å². The van der Waals surface area contributed by atoms with Gasteiger partial charge in [0.05, 0.1) is 0 Å². The number of unbranched alkanes of at least 4 members (excludes halogenated alkanes) is 9. The molecular weight excluding hydrogens is 378 g/mol. The highest BCUT2D eigenvalue weighted by molar-refractivity contribution is 7.86. The zero-order valence-electron chi connectivity index (χ0n) is 17.7. The van der Waals surface area contributed by atoms with Gasteiger partial charge < -0.3 is 16.1 Å². The molecule has 0 aliphatic rings. The smallest absolute Gasteiger partial charge is 0.271 e. The third-order valence-electron chi connectivity index (χ3n) is 4.35. The van der Waals surface area contributed by atoms with Gasteiger partial charge in [0.1, 0.15) is 5.25 Å². The summed E-state index contributed by atoms with van der Waals surface area (Å²) in [4.78, 5) is 8.89. The first-order valence-electron chi connectivity index (χ1n) is 9.97. The van der Waals surface area contributed by atoms with Gasteiger partial charge in [-0.3, -0.25) is 4.55 Å². The predicted molar refractivity (Wildman–Crippen MR) is 114 cm³/mol. The lowest BCUT2D eigenvalue weighted by atomic mass is 10.0. The zero-order valence-corrected chi connectivity index (χ0v) is 18.5. The monoisotopic (exact) mass is 417 g/mol. The number of quaternary nitrogens is 1. The van der Waals surface area contributed by atoms with Gasteiger partial charge in [0.15, 0.2) is 0 Å². The fourth-order valence-electron chi connectivity index (χ4n) is 2.97. The molecule has 0 fully saturated rings. The Balaban J connectivity index is 0. The van der Waals surface area contributed by atoms with Gasteiger partial charge in [-0.2, -0.15) is 8.42 Å². The van der Waals surface area contributed by atoms with E-state index in [4.69, 9.17) is 9.90 Å². The van der Waals surface area contributed by atoms with Crippen molar-refractivity contribution in [1.29, 1.82) is 0 Å². The lowest BCUT2D eigenvalue weighted by Gasteiger charge is -2.14. The van der Waals surface area contributed by atoms with E-state index < -0.39 is 21.3 Å². The maximum Gasteiger partial charge on any atom is 0.271 e. The van der Waals surface area contributed by atoms with Crippen LogP contribution in [-0.2, 0) is 14.9 Å². The van der Waals surface area contributed by atoms with Crippen LogP contribution in [0.25, 0.3) is 0 Å². The quantitative estimate of drug-likeness (QED) is 0.342. The van der Waals surface area contributed by atoms with Gasteiger partial charge in [-0.15, -0.1) is 0 Å². The van der Waals surface area contributed by atoms with E-state index >= 15 is 0 Å². The van der Waals surface area contributed by atoms with E-state index in [0.29, 0.717) is 12.0 Å². The number of carbonyl (C=O) groups excluding carboxylic acids is 1. The summed E-state index contributed by atoms with van der Waals surface area (Å²) in [5.41, 5.74) is 0.686. The van der Waals surface area contributed by atoms with Gasteiger partial charge >= 0.3 is 0 Å². The van der Waals surface area contributed by atoms with Crippen molar-refractivity contribution in [3.63, 3.8) is 0 Å². The molecule has 0 radical (unpaired) electrons. The minimum absolute atomic E-state index is 0. The van der Waals surface area contributed by atoms with E-state index in [2.05, 4.69) is 6.92 Å². The van der Waals surface area contributed by atoms with Gasteiger partial charge in [0.25, 0.3) is 10.1 Å². The van der Waals surface area contributed by atoms with Crippen LogP contribution < -0.4 is 11.3 Å². The maximum absolute atomic E-state index is 11.6. The fourth-order valence-corrected chi connectivity index (χ4v) is 3.94. The van der Waals surface area contributed by atoms with Gasteiger partial charge in [0, 0.05) is 5.97 Å². The molecule has 0 spiro atoms. The average molecular weight is 418 g/mol. The first kappa shape index (κ1) is 28.8. The first-order valence-corrected chi connectivity index (χ1v) is 11.5. The Morgan fingerprint density at radius 1 is 0.929 bits per heavy atom. The molecule has 0 heterocycles. The second-order valence-electron chi connectivity index (χ2n) is 6.88. The van der Waals surface area contributed by atoms with Gasteiger partial charge in [-0.1, -0.05) is 101 Å². The van der Waals surface area contributed by atoms with Crippen LogP contribution in [0, 0.1) is 0 Å². The topological polar surface area (TPSA) is 131 Å². The molecule has 1 unspecified atom stereocenters. The summed E-state index contributed by atoms with van der Waals surface area (Å²) in [7, 11) is -4.03. The van der Waals surface area contributed by atoms with Crippen LogP contribution in [-0.4, -0.2) is 18.9 Å². The highest BCUT2D eigenvalue weighted by Crippen LogP contribution is 2.27. The Morgan fingerprint density at radius 2 is 1.32 bits per heavy atom. The zero-order chi connectivity index (χ0) is 20.5. The number of hydrogen-bond donors (Lipinski definition) is 2. The summed E-state index contributed by atoms with van der Waals surface area (Å²) in [6.45, 7) is 3.20. The molecule has 5 N–H and O–H groups in total. The normalized spacial score (nSPS) is 11.7. The van der Waals surface area contributed by atoms with Crippen LogP contribution in [0.4, 0.5) is 0 Å². The SMILES string of the molecule is CC(=O)[O-].CCCCCCCCCCCCC(c1ccccc1)S(=O)(=O)O.[NH4+]. The van der Waals surface area contributed by atoms with Crippen molar-refractivity contribution in [2.24, 2.45) is 0 Å². The average Bonchev–Trinajstić information content (AvgIpc) is 2.59. The van der Waals surface area contributed by atoms with Crippen molar-refractivity contribution in [3.8, 4) is 0 Å². The molecule has 0 aromatic heterocycles. The Hall–Kier alpha value is -1.44. The summed E-state index contributed by atoms with van der Waals surface area (Å²) < 4.78 is 32.6. The minimum Gasteiger partial charge on any atom is -0.550 e. The van der Waals surface area contributed by atoms with E-state index in [9.17, 15) is 13.0 Å². The lowest BCUT2D eigenvalue weighted by molar-refractivity contribution is -0.302. The number of rotatable bonds is 13. The lowest BCUT2D eigenvalue weighted by Crippen LogP contribution is -2.16. The molecule has 1 rings (SSSR count). The van der Waals surface area contributed by atoms with Crippen molar-refractivity contribution >= 4 is 16.1 Å². The number of carbonyl (C=O) groups is 1. The highest BCUT2D eigenvalue weighted by Gasteiger charge is 2.24. The summed E-state index contributed by atoms with van der Waals surface area (Å²) in [6.07, 6.45) is 12.7. The molecule has 0 bridgehead atoms. The molecule has 0 saturated heterocycles. The van der Waals surface area contributed by atoms with Crippen LogP contribution >= 0.6 is 0 Å². The standard InChI is InChI=1S/C19H32O3S.C2H4O2.H3N/c1-2-3-4-5-6-7-8-9-10-14-17-19(23(20,21)22)18-15-12-11-13-16-18;1-2(3)4;/h11-13,15-16,19H,2-10,14,17H2,1H3,(H,20,21,22);1H3,(H,3,4);1H3. The molecule has 0 saturated carbocycles. The van der Waals surface area contributed by atoms with Crippen molar-refractivity contribution in [1.82, 2.24) is 6.15 Å². The molecule has 0 aliphatic heterocycles. The Morgan fingerprint density at radius 3 is 1.71 bits per heavy atom. The fraction of sp³-hybridized carbons (Fsp3) is 0.667. The Labute approximate surface area is 171 Å². The molecule has 0 aliphatic carbocycles. The molecule has 164 valence electrons. The number of carboxylic acids is 1. The molecule has 6 nitrogen and oxygen atoms in total. The van der Waals surface area contributed by atoms with E-state index in [1.165, 1.54) is 44.9 Å². The Bertz CT molecular complexity index is 586. The number of aliphatic carboxylic acids is 1. The van der Waals surface area contributed by atoms with Gasteiger partial charge in [-0.05, 0) is 18.9 Å². The van der Waals surface area contributed by atoms with E-state index in [0.717, 1.165) is 26.2 Å². The summed E-state index contributed by atoms with van der Waals surface area (Å²) >= 11 is 0. The van der Waals surface area contributed by atoms with Crippen molar-refractivity contribution in [2.45, 2.75) is 89.7 Å². The van der Waals surface area contributed by atoms with Crippen LogP contribution in [0.1, 0.15) is 95.3 Å². The highest BCUT2D eigenvalue weighted by atomic mass is 32.2.